The van der Waals surface area contributed by atoms with Crippen LogP contribution in [0.3, 0.4) is 0 Å². The Morgan fingerprint density at radius 1 is 1.20 bits per heavy atom. The van der Waals surface area contributed by atoms with Crippen molar-refractivity contribution in [2.24, 2.45) is 0 Å². The van der Waals surface area contributed by atoms with E-state index in [9.17, 15) is 22.4 Å². The van der Waals surface area contributed by atoms with Gasteiger partial charge in [0, 0.05) is 16.6 Å². The van der Waals surface area contributed by atoms with E-state index in [0.717, 1.165) is 22.2 Å². The topological polar surface area (TPSA) is 29.1 Å². The summed E-state index contributed by atoms with van der Waals surface area (Å²) in [5, 5.41) is 2.53. The van der Waals surface area contributed by atoms with Gasteiger partial charge < -0.3 is 5.32 Å². The van der Waals surface area contributed by atoms with Crippen molar-refractivity contribution in [3.63, 3.8) is 0 Å². The fourth-order valence-corrected chi connectivity index (χ4v) is 2.90. The van der Waals surface area contributed by atoms with Crippen LogP contribution in [0.2, 0.25) is 0 Å². The molecule has 1 unspecified atom stereocenters. The Morgan fingerprint density at radius 3 is 2.52 bits per heavy atom. The normalized spacial score (nSPS) is 12.7. The van der Waals surface area contributed by atoms with Crippen molar-refractivity contribution in [2.45, 2.75) is 32.0 Å². The molecule has 0 spiro atoms. The number of carbonyl (C=O) groups excluding carboxylic acids is 1. The van der Waals surface area contributed by atoms with E-state index in [1.165, 1.54) is 0 Å². The lowest BCUT2D eigenvalue weighted by atomic mass is 9.95. The van der Waals surface area contributed by atoms with Crippen LogP contribution in [0, 0.1) is 5.82 Å². The van der Waals surface area contributed by atoms with Gasteiger partial charge in [-0.15, -0.1) is 0 Å². The van der Waals surface area contributed by atoms with Gasteiger partial charge in [0.15, 0.2) is 0 Å². The maximum Gasteiger partial charge on any atom is 0.416 e. The summed E-state index contributed by atoms with van der Waals surface area (Å²) in [6.45, 7) is 1.52. The number of carbonyl (C=O) groups is 1. The van der Waals surface area contributed by atoms with E-state index in [-0.39, 0.29) is 18.0 Å². The number of rotatable bonds is 5. The number of hydrogen-bond acceptors (Lipinski definition) is 1. The molecule has 0 aliphatic carbocycles. The third-order valence-corrected chi connectivity index (χ3v) is 4.30. The molecule has 1 N–H and O–H groups in total. The summed E-state index contributed by atoms with van der Waals surface area (Å²) in [7, 11) is 0. The Bertz CT molecular complexity index is 761. The summed E-state index contributed by atoms with van der Waals surface area (Å²) < 4.78 is 52.7. The molecule has 0 heterocycles. The molecule has 1 atom stereocenters. The summed E-state index contributed by atoms with van der Waals surface area (Å²) in [5.41, 5.74) is -0.372. The Hall–Kier alpha value is -1.89. The number of benzene rings is 2. The molecule has 1 amide bonds. The molecule has 0 bridgehead atoms. The zero-order valence-electron chi connectivity index (χ0n) is 13.3. The number of alkyl halides is 3. The summed E-state index contributed by atoms with van der Waals surface area (Å²) in [4.78, 5) is 12.4. The van der Waals surface area contributed by atoms with Crippen LogP contribution in [-0.4, -0.2) is 5.91 Å². The monoisotopic (exact) mass is 417 g/mol. The molecule has 0 saturated carbocycles. The molecular weight excluding hydrogens is 402 g/mol. The zero-order valence-corrected chi connectivity index (χ0v) is 14.9. The van der Waals surface area contributed by atoms with Gasteiger partial charge in [0.25, 0.3) is 0 Å². The van der Waals surface area contributed by atoms with Crippen LogP contribution >= 0.6 is 15.9 Å². The molecule has 2 aromatic carbocycles. The lowest BCUT2D eigenvalue weighted by Crippen LogP contribution is -2.29. The molecular formula is C18H16BrF4NO. The molecule has 0 aromatic heterocycles. The number of halogens is 5. The van der Waals surface area contributed by atoms with Crippen molar-refractivity contribution in [1.82, 2.24) is 5.32 Å². The van der Waals surface area contributed by atoms with Crippen LogP contribution in [0.25, 0.3) is 0 Å². The van der Waals surface area contributed by atoms with Crippen LogP contribution in [0.4, 0.5) is 17.6 Å². The van der Waals surface area contributed by atoms with Gasteiger partial charge in [0.1, 0.15) is 5.82 Å². The van der Waals surface area contributed by atoms with E-state index in [4.69, 9.17) is 0 Å². The predicted octanol–water partition coefficient (Wildman–Crippen LogP) is 5.42. The predicted molar refractivity (Wildman–Crippen MR) is 90.4 cm³/mol. The highest BCUT2D eigenvalue weighted by Gasteiger charge is 2.31. The zero-order chi connectivity index (χ0) is 18.6. The molecule has 0 fully saturated rings. The molecule has 2 rings (SSSR count). The summed E-state index contributed by atoms with van der Waals surface area (Å²) in [6, 6.07) is 9.37. The third kappa shape index (κ3) is 5.04. The molecule has 0 aliphatic heterocycles. The fraction of sp³-hybridized carbons (Fsp3) is 0.278. The number of nitrogens with one attached hydrogen (secondary N) is 1. The quantitative estimate of drug-likeness (QED) is 0.646. The highest BCUT2D eigenvalue weighted by atomic mass is 79.9. The smallest absolute Gasteiger partial charge is 0.351 e. The SMILES string of the molecule is CCC(C(=O)NCc1cc(C(F)(F)F)ccc1F)c1cccc(Br)c1. The highest BCUT2D eigenvalue weighted by Crippen LogP contribution is 2.30. The first-order valence-electron chi connectivity index (χ1n) is 7.61. The lowest BCUT2D eigenvalue weighted by Gasteiger charge is -2.16. The largest absolute Gasteiger partial charge is 0.416 e. The highest BCUT2D eigenvalue weighted by molar-refractivity contribution is 9.10. The summed E-state index contributed by atoms with van der Waals surface area (Å²) in [5.74, 6) is -1.62. The second-order valence-electron chi connectivity index (χ2n) is 5.54. The van der Waals surface area contributed by atoms with Crippen LogP contribution in [0.5, 0.6) is 0 Å². The maximum absolute atomic E-state index is 13.7. The molecule has 0 saturated heterocycles. The lowest BCUT2D eigenvalue weighted by molar-refractivity contribution is -0.137. The van der Waals surface area contributed by atoms with Gasteiger partial charge in [0.05, 0.1) is 11.5 Å². The van der Waals surface area contributed by atoms with E-state index >= 15 is 0 Å². The third-order valence-electron chi connectivity index (χ3n) is 3.80. The fourth-order valence-electron chi connectivity index (χ4n) is 2.49. The van der Waals surface area contributed by atoms with E-state index in [1.54, 1.807) is 18.2 Å². The molecule has 2 nitrogen and oxygen atoms in total. The van der Waals surface area contributed by atoms with Crippen LogP contribution in [0.15, 0.2) is 46.9 Å². The van der Waals surface area contributed by atoms with Crippen LogP contribution in [-0.2, 0) is 17.5 Å². The van der Waals surface area contributed by atoms with Crippen molar-refractivity contribution in [1.29, 1.82) is 0 Å². The molecule has 25 heavy (non-hydrogen) atoms. The molecule has 0 radical (unpaired) electrons. The van der Waals surface area contributed by atoms with Gasteiger partial charge in [-0.1, -0.05) is 35.0 Å². The van der Waals surface area contributed by atoms with Gasteiger partial charge in [-0.3, -0.25) is 4.79 Å². The van der Waals surface area contributed by atoms with Gasteiger partial charge in [-0.05, 0) is 42.3 Å². The minimum Gasteiger partial charge on any atom is -0.351 e. The first kappa shape index (κ1) is 19.4. The Kier molecular flexibility index (Phi) is 6.21. The first-order chi connectivity index (χ1) is 11.7. The van der Waals surface area contributed by atoms with Crippen molar-refractivity contribution >= 4 is 21.8 Å². The minimum atomic E-state index is -4.56. The second kappa shape index (κ2) is 7.99. The van der Waals surface area contributed by atoms with Crippen molar-refractivity contribution in [3.8, 4) is 0 Å². The van der Waals surface area contributed by atoms with Gasteiger partial charge in [0.2, 0.25) is 5.91 Å². The van der Waals surface area contributed by atoms with E-state index in [0.29, 0.717) is 12.5 Å². The van der Waals surface area contributed by atoms with E-state index < -0.39 is 23.5 Å². The summed E-state index contributed by atoms with van der Waals surface area (Å²) >= 11 is 3.33. The number of amides is 1. The van der Waals surface area contributed by atoms with Crippen LogP contribution in [0.1, 0.15) is 36.0 Å². The Morgan fingerprint density at radius 2 is 1.92 bits per heavy atom. The standard InChI is InChI=1S/C18H16BrF4NO/c1-2-15(11-4-3-5-14(19)9-11)17(25)24-10-12-8-13(18(21,22)23)6-7-16(12)20/h3-9,15H,2,10H2,1H3,(H,24,25). The first-order valence-corrected chi connectivity index (χ1v) is 8.40. The van der Waals surface area contributed by atoms with Gasteiger partial charge >= 0.3 is 6.18 Å². The van der Waals surface area contributed by atoms with Crippen molar-refractivity contribution in [3.05, 3.63) is 69.4 Å². The molecule has 2 aromatic rings. The van der Waals surface area contributed by atoms with Crippen molar-refractivity contribution < 1.29 is 22.4 Å². The number of hydrogen-bond donors (Lipinski definition) is 1. The molecule has 134 valence electrons. The second-order valence-corrected chi connectivity index (χ2v) is 6.45. The van der Waals surface area contributed by atoms with Gasteiger partial charge in [-0.2, -0.15) is 13.2 Å². The van der Waals surface area contributed by atoms with E-state index in [1.807, 2.05) is 13.0 Å². The minimum absolute atomic E-state index is 0.202. The van der Waals surface area contributed by atoms with Crippen molar-refractivity contribution in [2.75, 3.05) is 0 Å². The van der Waals surface area contributed by atoms with E-state index in [2.05, 4.69) is 21.2 Å². The Labute approximate surface area is 151 Å². The summed E-state index contributed by atoms with van der Waals surface area (Å²) in [6.07, 6.45) is -4.05. The average molecular weight is 418 g/mol. The van der Waals surface area contributed by atoms with Gasteiger partial charge in [-0.25, -0.2) is 4.39 Å². The van der Waals surface area contributed by atoms with Crippen LogP contribution < -0.4 is 5.32 Å². The molecule has 7 heteroatoms. The maximum atomic E-state index is 13.7. The molecule has 0 aliphatic rings. The Balaban J connectivity index is 2.13. The average Bonchev–Trinajstić information content (AvgIpc) is 2.53.